The standard InChI is InChI=1S/C13H18N2/c1-10(2)9-11-3-5-12(6-4-11)13-7-8-14-15-13/h3-8,10,13-15H,9H2,1-2H3. The number of hydrazine groups is 1. The molecule has 1 aliphatic rings. The topological polar surface area (TPSA) is 24.1 Å². The van der Waals surface area contributed by atoms with Gasteiger partial charge in [-0.05, 0) is 29.5 Å². The number of benzene rings is 1. The Hall–Kier alpha value is -1.28. The molecule has 0 aliphatic carbocycles. The SMILES string of the molecule is CC(C)Cc1ccc(C2C=CNN2)cc1. The smallest absolute Gasteiger partial charge is 0.0707 e. The van der Waals surface area contributed by atoms with E-state index in [2.05, 4.69) is 55.0 Å². The van der Waals surface area contributed by atoms with E-state index < -0.39 is 0 Å². The maximum absolute atomic E-state index is 3.17. The zero-order chi connectivity index (χ0) is 10.7. The fourth-order valence-corrected chi connectivity index (χ4v) is 1.86. The van der Waals surface area contributed by atoms with Crippen LogP contribution in [0.5, 0.6) is 0 Å². The maximum atomic E-state index is 3.17. The van der Waals surface area contributed by atoms with Crippen molar-refractivity contribution in [2.45, 2.75) is 26.3 Å². The first-order valence-electron chi connectivity index (χ1n) is 5.52. The molecule has 1 heterocycles. The van der Waals surface area contributed by atoms with E-state index in [9.17, 15) is 0 Å². The Morgan fingerprint density at radius 3 is 2.47 bits per heavy atom. The van der Waals surface area contributed by atoms with Crippen molar-refractivity contribution in [1.29, 1.82) is 0 Å². The molecule has 1 aliphatic heterocycles. The van der Waals surface area contributed by atoms with Gasteiger partial charge in [0.2, 0.25) is 0 Å². The molecule has 0 bridgehead atoms. The highest BCUT2D eigenvalue weighted by molar-refractivity contribution is 5.28. The molecule has 0 amide bonds. The zero-order valence-electron chi connectivity index (χ0n) is 9.33. The first-order valence-corrected chi connectivity index (χ1v) is 5.52. The molecule has 0 saturated heterocycles. The molecule has 2 heteroatoms. The van der Waals surface area contributed by atoms with Crippen molar-refractivity contribution in [2.24, 2.45) is 5.92 Å². The van der Waals surface area contributed by atoms with Gasteiger partial charge in [0.05, 0.1) is 6.04 Å². The molecule has 1 atom stereocenters. The molecular weight excluding hydrogens is 184 g/mol. The lowest BCUT2D eigenvalue weighted by Crippen LogP contribution is -2.24. The van der Waals surface area contributed by atoms with Gasteiger partial charge >= 0.3 is 0 Å². The van der Waals surface area contributed by atoms with Crippen LogP contribution in [0, 0.1) is 5.92 Å². The van der Waals surface area contributed by atoms with E-state index in [-0.39, 0.29) is 0 Å². The minimum atomic E-state index is 0.318. The fraction of sp³-hybridized carbons (Fsp3) is 0.385. The van der Waals surface area contributed by atoms with E-state index in [0.717, 1.165) is 12.3 Å². The van der Waals surface area contributed by atoms with Gasteiger partial charge in [-0.1, -0.05) is 38.1 Å². The molecule has 1 aromatic rings. The summed E-state index contributed by atoms with van der Waals surface area (Å²) in [5.74, 6) is 0.724. The molecule has 15 heavy (non-hydrogen) atoms. The van der Waals surface area contributed by atoms with Gasteiger partial charge in [0, 0.05) is 6.20 Å². The molecule has 2 N–H and O–H groups in total. The van der Waals surface area contributed by atoms with E-state index >= 15 is 0 Å². The van der Waals surface area contributed by atoms with Crippen molar-refractivity contribution in [1.82, 2.24) is 10.9 Å². The third-order valence-electron chi connectivity index (χ3n) is 2.59. The third kappa shape index (κ3) is 2.60. The molecule has 1 unspecified atom stereocenters. The number of nitrogens with one attached hydrogen (secondary N) is 2. The van der Waals surface area contributed by atoms with Crippen LogP contribution in [-0.2, 0) is 6.42 Å². The molecule has 0 saturated carbocycles. The van der Waals surface area contributed by atoms with Gasteiger partial charge in [-0.25, -0.2) is 5.43 Å². The van der Waals surface area contributed by atoms with E-state index in [4.69, 9.17) is 0 Å². The van der Waals surface area contributed by atoms with E-state index in [1.165, 1.54) is 11.1 Å². The van der Waals surface area contributed by atoms with Crippen LogP contribution in [0.3, 0.4) is 0 Å². The minimum Gasteiger partial charge on any atom is -0.328 e. The molecule has 0 aromatic heterocycles. The van der Waals surface area contributed by atoms with Gasteiger partial charge in [-0.2, -0.15) is 0 Å². The van der Waals surface area contributed by atoms with Crippen LogP contribution in [0.25, 0.3) is 0 Å². The molecule has 0 fully saturated rings. The minimum absolute atomic E-state index is 0.318. The lowest BCUT2D eigenvalue weighted by Gasteiger charge is -2.10. The van der Waals surface area contributed by atoms with E-state index in [1.54, 1.807) is 0 Å². The summed E-state index contributed by atoms with van der Waals surface area (Å²) in [4.78, 5) is 0. The van der Waals surface area contributed by atoms with Crippen LogP contribution in [0.15, 0.2) is 36.5 Å². The van der Waals surface area contributed by atoms with Crippen LogP contribution in [0.1, 0.15) is 31.0 Å². The molecule has 1 aromatic carbocycles. The Morgan fingerprint density at radius 1 is 1.20 bits per heavy atom. The molecule has 2 nitrogen and oxygen atoms in total. The Kier molecular flexibility index (Phi) is 3.07. The predicted molar refractivity (Wildman–Crippen MR) is 63.1 cm³/mol. The fourth-order valence-electron chi connectivity index (χ4n) is 1.86. The summed E-state index contributed by atoms with van der Waals surface area (Å²) < 4.78 is 0. The Labute approximate surface area is 91.4 Å². The first kappa shape index (κ1) is 10.2. The second-order valence-corrected chi connectivity index (χ2v) is 4.47. The number of rotatable bonds is 3. The van der Waals surface area contributed by atoms with Crippen molar-refractivity contribution in [2.75, 3.05) is 0 Å². The highest BCUT2D eigenvalue weighted by Gasteiger charge is 2.09. The maximum Gasteiger partial charge on any atom is 0.0707 e. The highest BCUT2D eigenvalue weighted by Crippen LogP contribution is 2.17. The zero-order valence-corrected chi connectivity index (χ0v) is 9.33. The Balaban J connectivity index is 2.06. The van der Waals surface area contributed by atoms with Crippen molar-refractivity contribution in [3.8, 4) is 0 Å². The second kappa shape index (κ2) is 4.49. The van der Waals surface area contributed by atoms with Gasteiger partial charge in [0.25, 0.3) is 0 Å². The summed E-state index contributed by atoms with van der Waals surface area (Å²) in [7, 11) is 0. The van der Waals surface area contributed by atoms with E-state index in [0.29, 0.717) is 6.04 Å². The first-order chi connectivity index (χ1) is 7.25. The second-order valence-electron chi connectivity index (χ2n) is 4.47. The Morgan fingerprint density at radius 2 is 1.93 bits per heavy atom. The lowest BCUT2D eigenvalue weighted by atomic mass is 10.00. The summed E-state index contributed by atoms with van der Waals surface area (Å²) in [6, 6.07) is 9.17. The third-order valence-corrected chi connectivity index (χ3v) is 2.59. The van der Waals surface area contributed by atoms with Crippen LogP contribution in [-0.4, -0.2) is 0 Å². The van der Waals surface area contributed by atoms with Crippen LogP contribution in [0.4, 0.5) is 0 Å². The van der Waals surface area contributed by atoms with Gasteiger partial charge in [0.15, 0.2) is 0 Å². The van der Waals surface area contributed by atoms with Crippen molar-refractivity contribution >= 4 is 0 Å². The van der Waals surface area contributed by atoms with Crippen molar-refractivity contribution in [3.63, 3.8) is 0 Å². The van der Waals surface area contributed by atoms with Gasteiger partial charge in [-0.3, -0.25) is 0 Å². The largest absolute Gasteiger partial charge is 0.328 e. The predicted octanol–water partition coefficient (Wildman–Crippen LogP) is 2.55. The Bertz CT molecular complexity index is 338. The molecule has 80 valence electrons. The van der Waals surface area contributed by atoms with Crippen LogP contribution < -0.4 is 10.9 Å². The van der Waals surface area contributed by atoms with Gasteiger partial charge < -0.3 is 5.43 Å². The molecule has 0 spiro atoms. The van der Waals surface area contributed by atoms with Gasteiger partial charge in [-0.15, -0.1) is 0 Å². The van der Waals surface area contributed by atoms with Crippen molar-refractivity contribution < 1.29 is 0 Å². The quantitative estimate of drug-likeness (QED) is 0.787. The summed E-state index contributed by atoms with van der Waals surface area (Å²) in [6.07, 6.45) is 5.22. The number of hydrogen-bond donors (Lipinski definition) is 2. The number of hydrogen-bond acceptors (Lipinski definition) is 2. The van der Waals surface area contributed by atoms with Crippen LogP contribution >= 0.6 is 0 Å². The lowest BCUT2D eigenvalue weighted by molar-refractivity contribution is 0.609. The average molecular weight is 202 g/mol. The van der Waals surface area contributed by atoms with Crippen molar-refractivity contribution in [3.05, 3.63) is 47.7 Å². The molecular formula is C13H18N2. The summed E-state index contributed by atoms with van der Waals surface area (Å²) in [5.41, 5.74) is 8.89. The average Bonchev–Trinajstić information content (AvgIpc) is 2.71. The summed E-state index contributed by atoms with van der Waals surface area (Å²) in [5, 5.41) is 0. The van der Waals surface area contributed by atoms with Crippen LogP contribution in [0.2, 0.25) is 0 Å². The normalized spacial score (nSPS) is 19.5. The monoisotopic (exact) mass is 202 g/mol. The summed E-state index contributed by atoms with van der Waals surface area (Å²) in [6.45, 7) is 4.50. The summed E-state index contributed by atoms with van der Waals surface area (Å²) >= 11 is 0. The van der Waals surface area contributed by atoms with Gasteiger partial charge in [0.1, 0.15) is 0 Å². The van der Waals surface area contributed by atoms with E-state index in [1.807, 2.05) is 6.20 Å². The molecule has 0 radical (unpaired) electrons. The highest BCUT2D eigenvalue weighted by atomic mass is 15.4. The molecule has 2 rings (SSSR count).